The third-order valence-electron chi connectivity index (χ3n) is 2.54. The molecule has 0 aliphatic carbocycles. The fraction of sp³-hybridized carbons (Fsp3) is 0.462. The van der Waals surface area contributed by atoms with Crippen LogP contribution in [0.4, 0.5) is 5.13 Å². The van der Waals surface area contributed by atoms with E-state index in [0.717, 1.165) is 31.2 Å². The average Bonchev–Trinajstić information content (AvgIpc) is 2.98. The minimum atomic E-state index is 0.895. The van der Waals surface area contributed by atoms with Gasteiger partial charge in [0.15, 0.2) is 5.13 Å². The lowest BCUT2D eigenvalue weighted by Gasteiger charge is -2.13. The molecular formula is C13H19N3OS. The van der Waals surface area contributed by atoms with Crippen molar-refractivity contribution in [3.63, 3.8) is 0 Å². The van der Waals surface area contributed by atoms with E-state index in [2.05, 4.69) is 29.2 Å². The quantitative estimate of drug-likeness (QED) is 0.834. The Morgan fingerprint density at radius 2 is 2.33 bits per heavy atom. The van der Waals surface area contributed by atoms with Crippen LogP contribution in [0, 0.1) is 0 Å². The molecule has 2 rings (SSSR count). The van der Waals surface area contributed by atoms with Crippen molar-refractivity contribution in [2.45, 2.75) is 26.4 Å². The lowest BCUT2D eigenvalue weighted by molar-refractivity contribution is 0.320. The van der Waals surface area contributed by atoms with Crippen molar-refractivity contribution < 1.29 is 4.42 Å². The summed E-state index contributed by atoms with van der Waals surface area (Å²) >= 11 is 1.73. The minimum Gasteiger partial charge on any atom is -0.472 e. The van der Waals surface area contributed by atoms with Crippen molar-refractivity contribution in [3.05, 3.63) is 35.2 Å². The molecule has 0 aliphatic rings. The van der Waals surface area contributed by atoms with Crippen molar-refractivity contribution in [3.8, 4) is 0 Å². The highest BCUT2D eigenvalue weighted by molar-refractivity contribution is 7.15. The molecule has 0 atom stereocenters. The van der Waals surface area contributed by atoms with Gasteiger partial charge in [0, 0.05) is 36.3 Å². The normalized spacial score (nSPS) is 11.1. The summed E-state index contributed by atoms with van der Waals surface area (Å²) in [6, 6.07) is 2.00. The highest BCUT2D eigenvalue weighted by Gasteiger charge is 2.06. The standard InChI is InChI=1S/C13H19N3OS/c1-3-5-14-13-15-7-12(18-13)9-16(2)8-11-4-6-17-10-11/h4,6-7,10H,3,5,8-9H2,1-2H3,(H,14,15). The molecule has 4 nitrogen and oxygen atoms in total. The molecule has 98 valence electrons. The molecule has 0 spiro atoms. The summed E-state index contributed by atoms with van der Waals surface area (Å²) in [5.41, 5.74) is 1.20. The second-order valence-corrected chi connectivity index (χ2v) is 5.48. The van der Waals surface area contributed by atoms with Crippen LogP contribution in [0.15, 0.2) is 29.2 Å². The summed E-state index contributed by atoms with van der Waals surface area (Å²) in [5, 5.41) is 4.32. The zero-order valence-electron chi connectivity index (χ0n) is 10.8. The number of nitrogens with one attached hydrogen (secondary N) is 1. The van der Waals surface area contributed by atoms with Crippen LogP contribution in [-0.4, -0.2) is 23.5 Å². The number of anilines is 1. The topological polar surface area (TPSA) is 41.3 Å². The van der Waals surface area contributed by atoms with Crippen molar-refractivity contribution in [1.29, 1.82) is 0 Å². The van der Waals surface area contributed by atoms with Gasteiger partial charge in [0.2, 0.25) is 0 Å². The molecule has 0 aromatic carbocycles. The van der Waals surface area contributed by atoms with Gasteiger partial charge in [-0.05, 0) is 19.5 Å². The summed E-state index contributed by atoms with van der Waals surface area (Å²) < 4.78 is 5.07. The Morgan fingerprint density at radius 3 is 3.06 bits per heavy atom. The Hall–Kier alpha value is -1.33. The van der Waals surface area contributed by atoms with E-state index < -0.39 is 0 Å². The summed E-state index contributed by atoms with van der Waals surface area (Å²) in [4.78, 5) is 7.90. The lowest BCUT2D eigenvalue weighted by atomic mass is 10.3. The van der Waals surface area contributed by atoms with Crippen molar-refractivity contribution in [2.75, 3.05) is 18.9 Å². The number of rotatable bonds is 7. The van der Waals surface area contributed by atoms with Gasteiger partial charge in [-0.2, -0.15) is 0 Å². The van der Waals surface area contributed by atoms with Gasteiger partial charge in [-0.25, -0.2) is 4.98 Å². The van der Waals surface area contributed by atoms with Gasteiger partial charge in [0.25, 0.3) is 0 Å². The highest BCUT2D eigenvalue weighted by atomic mass is 32.1. The molecule has 2 aromatic rings. The molecule has 2 aromatic heterocycles. The first-order chi connectivity index (χ1) is 8.78. The van der Waals surface area contributed by atoms with Gasteiger partial charge in [-0.1, -0.05) is 6.92 Å². The fourth-order valence-corrected chi connectivity index (χ4v) is 2.63. The number of thiazole rings is 1. The Balaban J connectivity index is 1.83. The molecule has 18 heavy (non-hydrogen) atoms. The molecule has 0 unspecified atom stereocenters. The van der Waals surface area contributed by atoms with E-state index >= 15 is 0 Å². The van der Waals surface area contributed by atoms with E-state index in [4.69, 9.17) is 4.42 Å². The number of hydrogen-bond acceptors (Lipinski definition) is 5. The molecule has 2 heterocycles. The smallest absolute Gasteiger partial charge is 0.182 e. The maximum Gasteiger partial charge on any atom is 0.182 e. The average molecular weight is 265 g/mol. The third-order valence-corrected chi connectivity index (χ3v) is 3.48. The van der Waals surface area contributed by atoms with Crippen LogP contribution < -0.4 is 5.32 Å². The number of furan rings is 1. The Bertz CT molecular complexity index is 453. The van der Waals surface area contributed by atoms with Crippen LogP contribution in [0.3, 0.4) is 0 Å². The molecule has 0 saturated heterocycles. The molecule has 0 bridgehead atoms. The lowest BCUT2D eigenvalue weighted by Crippen LogP contribution is -2.16. The molecule has 5 heteroatoms. The molecule has 0 fully saturated rings. The van der Waals surface area contributed by atoms with Gasteiger partial charge < -0.3 is 9.73 Å². The summed E-state index contributed by atoms with van der Waals surface area (Å²) in [5.74, 6) is 0. The van der Waals surface area contributed by atoms with Crippen molar-refractivity contribution >= 4 is 16.5 Å². The first-order valence-electron chi connectivity index (χ1n) is 6.16. The van der Waals surface area contributed by atoms with E-state index in [1.807, 2.05) is 12.3 Å². The Labute approximate surface area is 112 Å². The van der Waals surface area contributed by atoms with Crippen LogP contribution in [0.1, 0.15) is 23.8 Å². The van der Waals surface area contributed by atoms with Gasteiger partial charge in [0.1, 0.15) is 0 Å². The largest absolute Gasteiger partial charge is 0.472 e. The van der Waals surface area contributed by atoms with Crippen LogP contribution in [-0.2, 0) is 13.1 Å². The summed E-state index contributed by atoms with van der Waals surface area (Å²) in [6.45, 7) is 4.95. The Morgan fingerprint density at radius 1 is 1.44 bits per heavy atom. The predicted molar refractivity (Wildman–Crippen MR) is 74.8 cm³/mol. The van der Waals surface area contributed by atoms with Crippen LogP contribution in [0.2, 0.25) is 0 Å². The summed E-state index contributed by atoms with van der Waals surface area (Å²) in [7, 11) is 2.10. The molecular weight excluding hydrogens is 246 g/mol. The van der Waals surface area contributed by atoms with Gasteiger partial charge in [0.05, 0.1) is 12.5 Å². The van der Waals surface area contributed by atoms with Crippen LogP contribution in [0.25, 0.3) is 0 Å². The van der Waals surface area contributed by atoms with Crippen LogP contribution >= 0.6 is 11.3 Å². The molecule has 0 amide bonds. The van der Waals surface area contributed by atoms with E-state index in [1.165, 1.54) is 10.4 Å². The fourth-order valence-electron chi connectivity index (χ4n) is 1.71. The maximum atomic E-state index is 5.07. The first-order valence-corrected chi connectivity index (χ1v) is 6.97. The number of hydrogen-bond donors (Lipinski definition) is 1. The maximum absolute atomic E-state index is 5.07. The molecule has 1 N–H and O–H groups in total. The van der Waals surface area contributed by atoms with Crippen molar-refractivity contribution in [1.82, 2.24) is 9.88 Å². The van der Waals surface area contributed by atoms with Gasteiger partial charge >= 0.3 is 0 Å². The second-order valence-electron chi connectivity index (χ2n) is 4.36. The number of nitrogens with zero attached hydrogens (tertiary/aromatic N) is 2. The van der Waals surface area contributed by atoms with Gasteiger partial charge in [-0.3, -0.25) is 4.90 Å². The monoisotopic (exact) mass is 265 g/mol. The third kappa shape index (κ3) is 3.85. The van der Waals surface area contributed by atoms with E-state index in [1.54, 1.807) is 23.9 Å². The zero-order chi connectivity index (χ0) is 12.8. The SMILES string of the molecule is CCCNc1ncc(CN(C)Cc2ccoc2)s1. The summed E-state index contributed by atoms with van der Waals surface area (Å²) in [6.07, 6.45) is 6.57. The first kappa shape index (κ1) is 13.1. The number of aromatic nitrogens is 1. The minimum absolute atomic E-state index is 0.895. The second kappa shape index (κ2) is 6.56. The Kier molecular flexibility index (Phi) is 4.78. The van der Waals surface area contributed by atoms with E-state index in [-0.39, 0.29) is 0 Å². The molecule has 0 saturated carbocycles. The van der Waals surface area contributed by atoms with Gasteiger partial charge in [-0.15, -0.1) is 11.3 Å². The zero-order valence-corrected chi connectivity index (χ0v) is 11.7. The predicted octanol–water partition coefficient (Wildman–Crippen LogP) is 3.19. The van der Waals surface area contributed by atoms with Crippen molar-refractivity contribution in [2.24, 2.45) is 0 Å². The molecule has 0 radical (unpaired) electrons. The highest BCUT2D eigenvalue weighted by Crippen LogP contribution is 2.19. The molecule has 0 aliphatic heterocycles. The van der Waals surface area contributed by atoms with E-state index in [0.29, 0.717) is 0 Å². The van der Waals surface area contributed by atoms with Crippen LogP contribution in [0.5, 0.6) is 0 Å². The van der Waals surface area contributed by atoms with E-state index in [9.17, 15) is 0 Å².